The van der Waals surface area contributed by atoms with Gasteiger partial charge in [-0.15, -0.1) is 12.4 Å². The van der Waals surface area contributed by atoms with E-state index in [2.05, 4.69) is 0 Å². The first-order valence-corrected chi connectivity index (χ1v) is 5.46. The van der Waals surface area contributed by atoms with E-state index in [1.165, 1.54) is 10.5 Å². The summed E-state index contributed by atoms with van der Waals surface area (Å²) in [6.07, 6.45) is 0.462. The van der Waals surface area contributed by atoms with E-state index in [1.807, 2.05) is 30.3 Å². The lowest BCUT2D eigenvalue weighted by Crippen LogP contribution is -2.62. The molecule has 0 spiro atoms. The summed E-state index contributed by atoms with van der Waals surface area (Å²) in [4.78, 5) is 12.7. The van der Waals surface area contributed by atoms with Gasteiger partial charge in [0, 0.05) is 0 Å². The Bertz CT molecular complexity index is 372. The van der Waals surface area contributed by atoms with Gasteiger partial charge >= 0.3 is 0 Å². The number of amides is 1. The third-order valence-corrected chi connectivity index (χ3v) is 2.91. The molecular weight excluding hydrogens is 240 g/mol. The van der Waals surface area contributed by atoms with E-state index in [1.54, 1.807) is 0 Å². The quantitative estimate of drug-likeness (QED) is 0.773. The van der Waals surface area contributed by atoms with Crippen LogP contribution in [0.25, 0.3) is 0 Å². The number of hydrogen-bond donors (Lipinski definition) is 2. The molecule has 1 unspecified atom stereocenters. The van der Waals surface area contributed by atoms with Crippen LogP contribution in [0.5, 0.6) is 0 Å². The summed E-state index contributed by atoms with van der Waals surface area (Å²) in [5, 5.41) is 9.07. The highest BCUT2D eigenvalue weighted by atomic mass is 35.5. The molecule has 1 aromatic rings. The van der Waals surface area contributed by atoms with E-state index < -0.39 is 6.10 Å². The van der Waals surface area contributed by atoms with Crippen molar-refractivity contribution in [2.75, 3.05) is 6.54 Å². The van der Waals surface area contributed by atoms with Crippen molar-refractivity contribution in [3.8, 4) is 0 Å². The smallest absolute Gasteiger partial charge is 0.254 e. The summed E-state index contributed by atoms with van der Waals surface area (Å²) in [6.45, 7) is 0.370. The number of nitrogens with two attached hydrogens (primary N) is 1. The van der Waals surface area contributed by atoms with Crippen molar-refractivity contribution in [1.29, 1.82) is 0 Å². The molecule has 1 aromatic carbocycles. The Morgan fingerprint density at radius 2 is 2.06 bits per heavy atom. The first-order chi connectivity index (χ1) is 7.68. The number of likely N-dealkylation sites (tertiary alicyclic amines) is 1. The number of aryl methyl sites for hydroxylation is 1. The number of halogens is 1. The van der Waals surface area contributed by atoms with Crippen LogP contribution in [-0.2, 0) is 11.2 Å². The van der Waals surface area contributed by atoms with E-state index in [4.69, 9.17) is 10.8 Å². The molecule has 0 aromatic heterocycles. The van der Waals surface area contributed by atoms with Crippen LogP contribution in [0.3, 0.4) is 0 Å². The second-order valence-corrected chi connectivity index (χ2v) is 4.10. The number of carbonyl (C=O) groups excluding carboxylic acids is 1. The number of carbonyl (C=O) groups is 1. The van der Waals surface area contributed by atoms with Gasteiger partial charge in [0.25, 0.3) is 5.91 Å². The molecule has 94 valence electrons. The Morgan fingerprint density at radius 3 is 2.59 bits per heavy atom. The molecule has 1 amide bonds. The van der Waals surface area contributed by atoms with Gasteiger partial charge in [-0.25, -0.2) is 0 Å². The van der Waals surface area contributed by atoms with Gasteiger partial charge in [-0.1, -0.05) is 30.3 Å². The Hall–Kier alpha value is -1.10. The predicted molar refractivity (Wildman–Crippen MR) is 67.7 cm³/mol. The Kier molecular flexibility index (Phi) is 4.93. The first-order valence-electron chi connectivity index (χ1n) is 5.46. The van der Waals surface area contributed by atoms with Crippen molar-refractivity contribution >= 4 is 18.3 Å². The van der Waals surface area contributed by atoms with Gasteiger partial charge in [-0.2, -0.15) is 0 Å². The topological polar surface area (TPSA) is 66.6 Å². The number of rotatable bonds is 4. The van der Waals surface area contributed by atoms with E-state index in [0.717, 1.165) is 12.8 Å². The third-order valence-electron chi connectivity index (χ3n) is 2.91. The molecule has 2 atom stereocenters. The summed E-state index contributed by atoms with van der Waals surface area (Å²) in [7, 11) is 0. The lowest BCUT2D eigenvalue weighted by atomic mass is 10.0. The van der Waals surface area contributed by atoms with E-state index in [-0.39, 0.29) is 24.5 Å². The fourth-order valence-corrected chi connectivity index (χ4v) is 1.85. The second kappa shape index (κ2) is 6.00. The van der Waals surface area contributed by atoms with E-state index >= 15 is 0 Å². The van der Waals surface area contributed by atoms with Crippen LogP contribution in [0.1, 0.15) is 12.0 Å². The minimum atomic E-state index is -0.831. The van der Waals surface area contributed by atoms with Crippen LogP contribution in [0.15, 0.2) is 30.3 Å². The van der Waals surface area contributed by atoms with Crippen molar-refractivity contribution in [2.24, 2.45) is 5.73 Å². The molecule has 1 saturated heterocycles. The molecule has 3 N–H and O–H groups in total. The minimum Gasteiger partial charge on any atom is -0.381 e. The molecule has 1 fully saturated rings. The van der Waals surface area contributed by atoms with Crippen LogP contribution in [-0.4, -0.2) is 34.7 Å². The molecule has 1 heterocycles. The van der Waals surface area contributed by atoms with Crippen molar-refractivity contribution in [3.63, 3.8) is 0 Å². The number of β-amino-alcohol motifs (C(OH)–C–C–N with tert-alkyl or cyclic N) is 1. The van der Waals surface area contributed by atoms with Crippen molar-refractivity contribution < 1.29 is 9.90 Å². The first kappa shape index (κ1) is 14.0. The average Bonchev–Trinajstić information content (AvgIpc) is 2.33. The summed E-state index contributed by atoms with van der Waals surface area (Å²) >= 11 is 0. The van der Waals surface area contributed by atoms with Gasteiger partial charge < -0.3 is 15.7 Å². The molecule has 1 aliphatic rings. The van der Waals surface area contributed by atoms with Gasteiger partial charge in [0.15, 0.2) is 6.10 Å². The molecule has 2 rings (SSSR count). The molecule has 0 saturated carbocycles. The number of benzene rings is 1. The van der Waals surface area contributed by atoms with E-state index in [0.29, 0.717) is 6.54 Å². The van der Waals surface area contributed by atoms with Gasteiger partial charge in [0.05, 0.1) is 12.7 Å². The standard InChI is InChI=1S/C12H16N2O2.ClH/c13-11(14-8-10(15)12(14)16)7-6-9-4-2-1-3-5-9;/h1-5,10-11,15H,6-8,13H2;1H/t10?,11-;/m0./s1. The number of hydrogen-bond acceptors (Lipinski definition) is 3. The van der Waals surface area contributed by atoms with Crippen molar-refractivity contribution in [3.05, 3.63) is 35.9 Å². The SMILES string of the molecule is Cl.N[C@H](CCc1ccccc1)N1CC(O)C1=O. The Balaban J connectivity index is 0.00000144. The largest absolute Gasteiger partial charge is 0.381 e. The van der Waals surface area contributed by atoms with Gasteiger partial charge in [-0.05, 0) is 18.4 Å². The van der Waals surface area contributed by atoms with Crippen LogP contribution < -0.4 is 5.73 Å². The highest BCUT2D eigenvalue weighted by Crippen LogP contribution is 2.15. The average molecular weight is 257 g/mol. The van der Waals surface area contributed by atoms with Gasteiger partial charge in [-0.3, -0.25) is 4.79 Å². The molecule has 4 nitrogen and oxygen atoms in total. The number of aliphatic hydroxyl groups excluding tert-OH is 1. The summed E-state index contributed by atoms with van der Waals surface area (Å²) in [5.41, 5.74) is 7.09. The monoisotopic (exact) mass is 256 g/mol. The summed E-state index contributed by atoms with van der Waals surface area (Å²) in [5.74, 6) is -0.249. The van der Waals surface area contributed by atoms with E-state index in [9.17, 15) is 4.79 Å². The molecule has 0 bridgehead atoms. The van der Waals surface area contributed by atoms with Crippen LogP contribution in [0.2, 0.25) is 0 Å². The third kappa shape index (κ3) is 3.19. The lowest BCUT2D eigenvalue weighted by molar-refractivity contribution is -0.159. The molecule has 0 radical (unpaired) electrons. The summed E-state index contributed by atoms with van der Waals surface area (Å²) in [6, 6.07) is 10.0. The maximum Gasteiger partial charge on any atom is 0.254 e. The number of β-lactam (4-membered cyclic amide) rings is 1. The Labute approximate surface area is 107 Å². The van der Waals surface area contributed by atoms with Gasteiger partial charge in [0.2, 0.25) is 0 Å². The zero-order valence-electron chi connectivity index (χ0n) is 9.45. The maximum atomic E-state index is 11.2. The molecular formula is C12H17ClN2O2. The van der Waals surface area contributed by atoms with Gasteiger partial charge in [0.1, 0.15) is 0 Å². The van der Waals surface area contributed by atoms with Crippen molar-refractivity contribution in [2.45, 2.75) is 25.1 Å². The minimum absolute atomic E-state index is 0. The Morgan fingerprint density at radius 1 is 1.41 bits per heavy atom. The fraction of sp³-hybridized carbons (Fsp3) is 0.417. The van der Waals surface area contributed by atoms with Crippen molar-refractivity contribution in [1.82, 2.24) is 4.90 Å². The van der Waals surface area contributed by atoms with Crippen LogP contribution in [0, 0.1) is 0 Å². The fourth-order valence-electron chi connectivity index (χ4n) is 1.85. The van der Waals surface area contributed by atoms with Crippen LogP contribution >= 0.6 is 12.4 Å². The molecule has 5 heteroatoms. The maximum absolute atomic E-state index is 11.2. The normalized spacial score (nSPS) is 20.5. The summed E-state index contributed by atoms with van der Waals surface area (Å²) < 4.78 is 0. The second-order valence-electron chi connectivity index (χ2n) is 4.10. The molecule has 17 heavy (non-hydrogen) atoms. The zero-order chi connectivity index (χ0) is 11.5. The predicted octanol–water partition coefficient (Wildman–Crippen LogP) is 0.529. The number of aliphatic hydroxyl groups is 1. The molecule has 1 aliphatic heterocycles. The zero-order valence-corrected chi connectivity index (χ0v) is 10.3. The highest BCUT2D eigenvalue weighted by Gasteiger charge is 2.37. The number of nitrogens with zero attached hydrogens (tertiary/aromatic N) is 1. The van der Waals surface area contributed by atoms with Crippen LogP contribution in [0.4, 0.5) is 0 Å². The highest BCUT2D eigenvalue weighted by molar-refractivity contribution is 5.86. The molecule has 0 aliphatic carbocycles. The lowest BCUT2D eigenvalue weighted by Gasteiger charge is -2.39.